The summed E-state index contributed by atoms with van der Waals surface area (Å²) < 4.78 is 7.98. The van der Waals surface area contributed by atoms with E-state index in [9.17, 15) is 4.79 Å². The SMILES string of the molecule is CCOCCC(=O)Nc1ccnn1Cc1ccc(Br)cc1. The van der Waals surface area contributed by atoms with Gasteiger partial charge in [-0.05, 0) is 24.6 Å². The molecule has 0 aliphatic heterocycles. The summed E-state index contributed by atoms with van der Waals surface area (Å²) in [6.07, 6.45) is 2.02. The zero-order valence-corrected chi connectivity index (χ0v) is 13.5. The molecule has 2 aromatic rings. The molecule has 0 radical (unpaired) electrons. The van der Waals surface area contributed by atoms with E-state index in [4.69, 9.17) is 4.74 Å². The number of carbonyl (C=O) groups is 1. The molecule has 112 valence electrons. The summed E-state index contributed by atoms with van der Waals surface area (Å²) in [5.41, 5.74) is 1.12. The summed E-state index contributed by atoms with van der Waals surface area (Å²) in [5, 5.41) is 7.10. The lowest BCUT2D eigenvalue weighted by molar-refractivity contribution is -0.117. The summed E-state index contributed by atoms with van der Waals surface area (Å²) in [5.74, 6) is 0.625. The molecule has 0 saturated carbocycles. The van der Waals surface area contributed by atoms with Crippen molar-refractivity contribution in [3.05, 3.63) is 46.6 Å². The Hall–Kier alpha value is -1.66. The molecule has 0 unspecified atom stereocenters. The van der Waals surface area contributed by atoms with Gasteiger partial charge in [0.25, 0.3) is 0 Å². The number of halogens is 1. The highest BCUT2D eigenvalue weighted by Gasteiger charge is 2.07. The number of anilines is 1. The zero-order chi connectivity index (χ0) is 15.1. The van der Waals surface area contributed by atoms with Crippen molar-refractivity contribution >= 4 is 27.7 Å². The molecule has 0 aliphatic rings. The van der Waals surface area contributed by atoms with E-state index in [1.807, 2.05) is 31.2 Å². The Balaban J connectivity index is 1.95. The number of amides is 1. The largest absolute Gasteiger partial charge is 0.381 e. The minimum Gasteiger partial charge on any atom is -0.381 e. The maximum Gasteiger partial charge on any atom is 0.227 e. The van der Waals surface area contributed by atoms with Crippen molar-refractivity contribution in [2.24, 2.45) is 0 Å². The number of benzene rings is 1. The van der Waals surface area contributed by atoms with Crippen LogP contribution in [0.5, 0.6) is 0 Å². The molecular formula is C15H18BrN3O2. The van der Waals surface area contributed by atoms with E-state index in [0.717, 1.165) is 10.0 Å². The molecule has 0 fully saturated rings. The third kappa shape index (κ3) is 4.99. The number of hydrogen-bond acceptors (Lipinski definition) is 3. The van der Waals surface area contributed by atoms with Gasteiger partial charge >= 0.3 is 0 Å². The summed E-state index contributed by atoms with van der Waals surface area (Å²) >= 11 is 3.41. The standard InChI is InChI=1S/C15H18BrN3O2/c1-2-21-10-8-15(20)18-14-7-9-17-19(14)11-12-3-5-13(16)6-4-12/h3-7,9H,2,8,10-11H2,1H3,(H,18,20). The van der Waals surface area contributed by atoms with Gasteiger partial charge in [-0.25, -0.2) is 4.68 Å². The lowest BCUT2D eigenvalue weighted by Gasteiger charge is -2.09. The Bertz CT molecular complexity index is 581. The van der Waals surface area contributed by atoms with Gasteiger partial charge in [0.1, 0.15) is 5.82 Å². The fraction of sp³-hybridized carbons (Fsp3) is 0.333. The number of rotatable bonds is 7. The molecule has 6 heteroatoms. The lowest BCUT2D eigenvalue weighted by Crippen LogP contribution is -2.17. The Morgan fingerprint density at radius 3 is 2.81 bits per heavy atom. The van der Waals surface area contributed by atoms with Crippen LogP contribution >= 0.6 is 15.9 Å². The molecule has 0 saturated heterocycles. The number of hydrogen-bond donors (Lipinski definition) is 1. The van der Waals surface area contributed by atoms with Gasteiger partial charge < -0.3 is 10.1 Å². The highest BCUT2D eigenvalue weighted by Crippen LogP contribution is 2.14. The van der Waals surface area contributed by atoms with E-state index < -0.39 is 0 Å². The third-order valence-corrected chi connectivity index (χ3v) is 3.44. The van der Waals surface area contributed by atoms with Crippen molar-refractivity contribution in [1.29, 1.82) is 0 Å². The van der Waals surface area contributed by atoms with E-state index in [1.54, 1.807) is 16.9 Å². The molecule has 21 heavy (non-hydrogen) atoms. The maximum absolute atomic E-state index is 11.8. The Labute approximate surface area is 132 Å². The molecule has 1 aromatic heterocycles. The minimum atomic E-state index is -0.0685. The Kier molecular flexibility index (Phi) is 5.95. The van der Waals surface area contributed by atoms with Crippen LogP contribution in [0.4, 0.5) is 5.82 Å². The van der Waals surface area contributed by atoms with Gasteiger partial charge in [0, 0.05) is 17.1 Å². The molecule has 0 aliphatic carbocycles. The van der Waals surface area contributed by atoms with Crippen molar-refractivity contribution in [1.82, 2.24) is 9.78 Å². The third-order valence-electron chi connectivity index (χ3n) is 2.91. The van der Waals surface area contributed by atoms with Crippen LogP contribution in [0.1, 0.15) is 18.9 Å². The maximum atomic E-state index is 11.8. The Morgan fingerprint density at radius 2 is 2.10 bits per heavy atom. The second-order valence-corrected chi connectivity index (χ2v) is 5.41. The average Bonchev–Trinajstić information content (AvgIpc) is 2.89. The molecule has 0 bridgehead atoms. The van der Waals surface area contributed by atoms with Crippen LogP contribution in [-0.4, -0.2) is 28.9 Å². The van der Waals surface area contributed by atoms with Gasteiger partial charge in [-0.15, -0.1) is 0 Å². The first-order valence-electron chi connectivity index (χ1n) is 6.83. The number of ether oxygens (including phenoxy) is 1. The van der Waals surface area contributed by atoms with Crippen LogP contribution in [0.15, 0.2) is 41.0 Å². The van der Waals surface area contributed by atoms with Crippen LogP contribution in [0.3, 0.4) is 0 Å². The molecule has 2 rings (SSSR count). The minimum absolute atomic E-state index is 0.0685. The van der Waals surface area contributed by atoms with E-state index in [-0.39, 0.29) is 5.91 Å². The smallest absolute Gasteiger partial charge is 0.227 e. The number of aromatic nitrogens is 2. The highest BCUT2D eigenvalue weighted by molar-refractivity contribution is 9.10. The van der Waals surface area contributed by atoms with E-state index in [1.165, 1.54) is 0 Å². The van der Waals surface area contributed by atoms with E-state index in [0.29, 0.717) is 32.0 Å². The van der Waals surface area contributed by atoms with Gasteiger partial charge in [0.2, 0.25) is 5.91 Å². The second kappa shape index (κ2) is 7.95. The molecular weight excluding hydrogens is 334 g/mol. The van der Waals surface area contributed by atoms with Crippen molar-refractivity contribution in [3.63, 3.8) is 0 Å². The molecule has 5 nitrogen and oxygen atoms in total. The van der Waals surface area contributed by atoms with Crippen molar-refractivity contribution in [2.45, 2.75) is 19.9 Å². The number of nitrogens with zero attached hydrogens (tertiary/aromatic N) is 2. The van der Waals surface area contributed by atoms with Gasteiger partial charge in [0.15, 0.2) is 0 Å². The van der Waals surface area contributed by atoms with Crippen molar-refractivity contribution < 1.29 is 9.53 Å². The van der Waals surface area contributed by atoms with Crippen LogP contribution < -0.4 is 5.32 Å². The zero-order valence-electron chi connectivity index (χ0n) is 11.9. The molecule has 1 heterocycles. The van der Waals surface area contributed by atoms with Gasteiger partial charge in [-0.2, -0.15) is 5.10 Å². The summed E-state index contributed by atoms with van der Waals surface area (Å²) in [6.45, 7) is 3.57. The lowest BCUT2D eigenvalue weighted by atomic mass is 10.2. The van der Waals surface area contributed by atoms with Crippen molar-refractivity contribution in [2.75, 3.05) is 18.5 Å². The van der Waals surface area contributed by atoms with Gasteiger partial charge in [-0.1, -0.05) is 28.1 Å². The number of nitrogens with one attached hydrogen (secondary N) is 1. The fourth-order valence-corrected chi connectivity index (χ4v) is 2.11. The first kappa shape index (κ1) is 15.7. The van der Waals surface area contributed by atoms with E-state index >= 15 is 0 Å². The number of carbonyl (C=O) groups excluding carboxylic acids is 1. The average molecular weight is 352 g/mol. The topological polar surface area (TPSA) is 56.1 Å². The predicted octanol–water partition coefficient (Wildman–Crippen LogP) is 3.06. The normalized spacial score (nSPS) is 10.6. The quantitative estimate of drug-likeness (QED) is 0.780. The summed E-state index contributed by atoms with van der Waals surface area (Å²) in [4.78, 5) is 11.8. The molecule has 1 N–H and O–H groups in total. The van der Waals surface area contributed by atoms with Crippen LogP contribution in [0, 0.1) is 0 Å². The van der Waals surface area contributed by atoms with Crippen LogP contribution in [-0.2, 0) is 16.1 Å². The van der Waals surface area contributed by atoms with E-state index in [2.05, 4.69) is 26.3 Å². The highest BCUT2D eigenvalue weighted by atomic mass is 79.9. The second-order valence-electron chi connectivity index (χ2n) is 4.50. The molecule has 0 atom stereocenters. The van der Waals surface area contributed by atoms with Gasteiger partial charge in [0.05, 0.1) is 25.8 Å². The van der Waals surface area contributed by atoms with Crippen molar-refractivity contribution in [3.8, 4) is 0 Å². The predicted molar refractivity (Wildman–Crippen MR) is 85.2 cm³/mol. The fourth-order valence-electron chi connectivity index (χ4n) is 1.84. The molecule has 1 amide bonds. The monoisotopic (exact) mass is 351 g/mol. The molecule has 1 aromatic carbocycles. The first-order valence-corrected chi connectivity index (χ1v) is 7.62. The van der Waals surface area contributed by atoms with Gasteiger partial charge in [-0.3, -0.25) is 4.79 Å². The first-order chi connectivity index (χ1) is 10.2. The Morgan fingerprint density at radius 1 is 1.33 bits per heavy atom. The summed E-state index contributed by atoms with van der Waals surface area (Å²) in [6, 6.07) is 9.80. The van der Waals surface area contributed by atoms with Crippen LogP contribution in [0.25, 0.3) is 0 Å². The summed E-state index contributed by atoms with van der Waals surface area (Å²) in [7, 11) is 0. The molecule has 0 spiro atoms. The van der Waals surface area contributed by atoms with Crippen LogP contribution in [0.2, 0.25) is 0 Å².